The summed E-state index contributed by atoms with van der Waals surface area (Å²) in [5, 5.41) is 3.48. The van der Waals surface area contributed by atoms with Crippen molar-refractivity contribution in [2.75, 3.05) is 13.7 Å². The normalized spacial score (nSPS) is 14.7. The predicted octanol–water partition coefficient (Wildman–Crippen LogP) is 7.06. The zero-order valence-electron chi connectivity index (χ0n) is 29.0. The molecular weight excluding hydrogens is 647 g/mol. The van der Waals surface area contributed by atoms with Gasteiger partial charge in [-0.2, -0.15) is 0 Å². The van der Waals surface area contributed by atoms with Crippen LogP contribution in [0, 0.1) is 6.92 Å². The van der Waals surface area contributed by atoms with E-state index in [-0.39, 0.29) is 18.3 Å². The van der Waals surface area contributed by atoms with Crippen LogP contribution in [0.2, 0.25) is 0 Å². The third-order valence-electron chi connectivity index (χ3n) is 9.15. The number of carbonyl (C=O) groups excluding carboxylic acids is 1. The summed E-state index contributed by atoms with van der Waals surface area (Å²) >= 11 is 1.32. The van der Waals surface area contributed by atoms with Crippen molar-refractivity contribution in [3.05, 3.63) is 138 Å². The Morgan fingerprint density at radius 3 is 2.46 bits per heavy atom. The number of allylic oxidation sites excluding steroid dienone is 1. The molecule has 8 nitrogen and oxygen atoms in total. The smallest absolute Gasteiger partial charge is 0.338 e. The average molecular weight is 686 g/mol. The van der Waals surface area contributed by atoms with Crippen LogP contribution in [0.3, 0.4) is 0 Å². The molecule has 0 saturated carbocycles. The number of rotatable bonds is 9. The molecule has 4 aromatic carbocycles. The van der Waals surface area contributed by atoms with Gasteiger partial charge in [0.05, 0.1) is 41.7 Å². The number of aromatic nitrogens is 2. The molecule has 0 bridgehead atoms. The molecule has 9 heteroatoms. The van der Waals surface area contributed by atoms with Gasteiger partial charge in [-0.3, -0.25) is 9.36 Å². The fraction of sp³-hybridized carbons (Fsp3) is 0.244. The summed E-state index contributed by atoms with van der Waals surface area (Å²) in [6, 6.07) is 27.9. The first-order valence-corrected chi connectivity index (χ1v) is 17.6. The van der Waals surface area contributed by atoms with Crippen molar-refractivity contribution in [3.63, 3.8) is 0 Å². The minimum Gasteiger partial charge on any atom is -0.493 e. The van der Waals surface area contributed by atoms with Crippen LogP contribution in [-0.2, 0) is 16.1 Å². The number of hydrogen-bond donors (Lipinski definition) is 0. The van der Waals surface area contributed by atoms with Gasteiger partial charge in [0, 0.05) is 28.7 Å². The van der Waals surface area contributed by atoms with Gasteiger partial charge in [0.2, 0.25) is 0 Å². The van der Waals surface area contributed by atoms with E-state index in [1.54, 1.807) is 25.5 Å². The van der Waals surface area contributed by atoms with Gasteiger partial charge in [-0.05, 0) is 80.8 Å². The summed E-state index contributed by atoms with van der Waals surface area (Å²) < 4.78 is 21.6. The Morgan fingerprint density at radius 2 is 1.70 bits per heavy atom. The maximum absolute atomic E-state index is 14.5. The van der Waals surface area contributed by atoms with Gasteiger partial charge in [-0.1, -0.05) is 78.1 Å². The monoisotopic (exact) mass is 685 g/mol. The average Bonchev–Trinajstić information content (AvgIpc) is 3.56. The molecule has 0 radical (unpaired) electrons. The first-order chi connectivity index (χ1) is 24.2. The number of methoxy groups -OCH3 is 1. The van der Waals surface area contributed by atoms with Gasteiger partial charge >= 0.3 is 5.97 Å². The Balaban J connectivity index is 1.40. The van der Waals surface area contributed by atoms with E-state index in [1.807, 2.05) is 50.3 Å². The van der Waals surface area contributed by atoms with Gasteiger partial charge in [0.25, 0.3) is 5.56 Å². The SMILES string of the molecule is CCOC(=O)C1=C(C)N=c2s/c(=C/c3c(C)n(Cc4cccc5ccccc45)c4ccccc34)c(=O)n2[C@@H]1c1ccc(OC(C)C)c(OC)c1. The Bertz CT molecular complexity index is 2500. The van der Waals surface area contributed by atoms with Gasteiger partial charge in [-0.25, -0.2) is 9.79 Å². The van der Waals surface area contributed by atoms with Crippen molar-refractivity contribution in [1.82, 2.24) is 9.13 Å². The van der Waals surface area contributed by atoms with Gasteiger partial charge in [-0.15, -0.1) is 0 Å². The molecule has 1 atom stereocenters. The predicted molar refractivity (Wildman–Crippen MR) is 199 cm³/mol. The summed E-state index contributed by atoms with van der Waals surface area (Å²) in [5.74, 6) is 0.570. The fourth-order valence-corrected chi connectivity index (χ4v) is 7.92. The lowest BCUT2D eigenvalue weighted by Crippen LogP contribution is -2.40. The number of esters is 1. The second kappa shape index (κ2) is 13.5. The Kier molecular flexibility index (Phi) is 8.92. The second-order valence-electron chi connectivity index (χ2n) is 12.6. The van der Waals surface area contributed by atoms with Crippen LogP contribution in [0.1, 0.15) is 56.1 Å². The summed E-state index contributed by atoms with van der Waals surface area (Å²) in [6.45, 7) is 10.4. The van der Waals surface area contributed by atoms with E-state index in [4.69, 9.17) is 19.2 Å². The van der Waals surface area contributed by atoms with E-state index in [2.05, 4.69) is 66.1 Å². The number of para-hydroxylation sites is 1. The number of thiazole rings is 1. The molecule has 0 fully saturated rings. The lowest BCUT2D eigenvalue weighted by molar-refractivity contribution is -0.139. The fourth-order valence-electron chi connectivity index (χ4n) is 6.89. The third kappa shape index (κ3) is 5.81. The highest BCUT2D eigenvalue weighted by Gasteiger charge is 2.34. The molecule has 0 N–H and O–H groups in total. The first kappa shape index (κ1) is 33.1. The molecule has 0 saturated heterocycles. The molecule has 0 amide bonds. The van der Waals surface area contributed by atoms with Crippen LogP contribution in [0.25, 0.3) is 27.8 Å². The lowest BCUT2D eigenvalue weighted by Gasteiger charge is -2.25. The van der Waals surface area contributed by atoms with E-state index < -0.39 is 12.0 Å². The van der Waals surface area contributed by atoms with Crippen LogP contribution in [-0.4, -0.2) is 34.9 Å². The molecule has 0 unspecified atom stereocenters. The Morgan fingerprint density at radius 1 is 0.960 bits per heavy atom. The van der Waals surface area contributed by atoms with Crippen molar-refractivity contribution < 1.29 is 19.0 Å². The number of benzene rings is 4. The minimum absolute atomic E-state index is 0.0638. The highest BCUT2D eigenvalue weighted by atomic mass is 32.1. The molecule has 0 aliphatic carbocycles. The first-order valence-electron chi connectivity index (χ1n) is 16.8. The maximum Gasteiger partial charge on any atom is 0.338 e. The van der Waals surface area contributed by atoms with Gasteiger partial charge in [0.1, 0.15) is 0 Å². The summed E-state index contributed by atoms with van der Waals surface area (Å²) in [5.41, 5.74) is 5.60. The topological polar surface area (TPSA) is 84.1 Å². The summed E-state index contributed by atoms with van der Waals surface area (Å²) in [4.78, 5) is 33.3. The van der Waals surface area contributed by atoms with E-state index in [9.17, 15) is 9.59 Å². The van der Waals surface area contributed by atoms with Crippen LogP contribution in [0.4, 0.5) is 0 Å². The van der Waals surface area contributed by atoms with Crippen molar-refractivity contribution in [1.29, 1.82) is 0 Å². The number of ether oxygens (including phenoxy) is 3. The van der Waals surface area contributed by atoms with Gasteiger partial charge in [0.15, 0.2) is 16.3 Å². The molecule has 2 aromatic heterocycles. The quantitative estimate of drug-likeness (QED) is 0.152. The summed E-state index contributed by atoms with van der Waals surface area (Å²) in [6.07, 6.45) is 1.91. The number of carbonyl (C=O) groups is 1. The van der Waals surface area contributed by atoms with Crippen LogP contribution >= 0.6 is 11.3 Å². The maximum atomic E-state index is 14.5. The van der Waals surface area contributed by atoms with E-state index in [0.717, 1.165) is 22.2 Å². The molecule has 7 rings (SSSR count). The van der Waals surface area contributed by atoms with E-state index in [1.165, 1.54) is 27.7 Å². The van der Waals surface area contributed by atoms with Crippen molar-refractivity contribution in [2.45, 2.75) is 53.3 Å². The van der Waals surface area contributed by atoms with E-state index in [0.29, 0.717) is 44.2 Å². The van der Waals surface area contributed by atoms with Crippen molar-refractivity contribution in [2.24, 2.45) is 4.99 Å². The molecule has 6 aromatic rings. The molecule has 1 aliphatic heterocycles. The minimum atomic E-state index is -0.775. The van der Waals surface area contributed by atoms with Crippen molar-refractivity contribution in [3.8, 4) is 11.5 Å². The zero-order chi connectivity index (χ0) is 35.1. The van der Waals surface area contributed by atoms with Crippen LogP contribution in [0.15, 0.2) is 106 Å². The highest BCUT2D eigenvalue weighted by Crippen LogP contribution is 2.37. The molecular formula is C41H39N3O5S. The Labute approximate surface area is 294 Å². The molecule has 3 heterocycles. The second-order valence-corrected chi connectivity index (χ2v) is 13.6. The van der Waals surface area contributed by atoms with Crippen molar-refractivity contribution >= 4 is 45.1 Å². The number of nitrogens with zero attached hydrogens (tertiary/aromatic N) is 3. The van der Waals surface area contributed by atoms with Crippen LogP contribution in [0.5, 0.6) is 11.5 Å². The lowest BCUT2D eigenvalue weighted by atomic mass is 9.95. The molecule has 254 valence electrons. The standard InChI is InChI=1S/C41H39N3O5S/c1-7-48-40(46)37-25(4)42-41-44(38(37)28-19-20-34(49-24(2)3)35(21-28)47-6)39(45)36(50-41)22-32-26(5)43(33-18-11-10-17-31(32)33)23-29-15-12-14-27-13-8-9-16-30(27)29/h8-22,24,38H,7,23H2,1-6H3/b36-22+/t38-/m1/s1. The third-order valence-corrected chi connectivity index (χ3v) is 10.1. The number of hydrogen-bond acceptors (Lipinski definition) is 7. The van der Waals surface area contributed by atoms with E-state index >= 15 is 0 Å². The summed E-state index contributed by atoms with van der Waals surface area (Å²) in [7, 11) is 1.57. The van der Waals surface area contributed by atoms with Gasteiger partial charge < -0.3 is 18.8 Å². The molecule has 1 aliphatic rings. The largest absolute Gasteiger partial charge is 0.493 e. The number of fused-ring (bicyclic) bond motifs is 3. The molecule has 0 spiro atoms. The Hall–Kier alpha value is -5.41. The zero-order valence-corrected chi connectivity index (χ0v) is 29.8. The van der Waals surface area contributed by atoms with Crippen LogP contribution < -0.4 is 24.4 Å². The molecule has 50 heavy (non-hydrogen) atoms. The highest BCUT2D eigenvalue weighted by molar-refractivity contribution is 7.07.